The number of nitrogens with zero attached hydrogens (tertiary/aromatic N) is 3. The molecule has 27 heavy (non-hydrogen) atoms. The van der Waals surface area contributed by atoms with E-state index in [9.17, 15) is 4.79 Å². The average molecular weight is 357 g/mol. The fourth-order valence-corrected chi connectivity index (χ4v) is 2.83. The second-order valence-corrected chi connectivity index (χ2v) is 6.12. The fraction of sp³-hybridized carbons (Fsp3) is 0.0952. The van der Waals surface area contributed by atoms with Gasteiger partial charge in [0.15, 0.2) is 5.65 Å². The smallest absolute Gasteiger partial charge is 0.261 e. The molecule has 0 saturated heterocycles. The summed E-state index contributed by atoms with van der Waals surface area (Å²) in [7, 11) is 0. The Kier molecular flexibility index (Phi) is 4.78. The Morgan fingerprint density at radius 2 is 1.70 bits per heavy atom. The van der Waals surface area contributed by atoms with Crippen LogP contribution in [0.15, 0.2) is 79.1 Å². The predicted molar refractivity (Wildman–Crippen MR) is 106 cm³/mol. The zero-order valence-electron chi connectivity index (χ0n) is 14.7. The molecule has 2 aromatic carbocycles. The van der Waals surface area contributed by atoms with Gasteiger partial charge in [0.25, 0.3) is 5.91 Å². The van der Waals surface area contributed by atoms with Crippen LogP contribution in [0.2, 0.25) is 0 Å². The van der Waals surface area contributed by atoms with Crippen LogP contribution in [-0.2, 0) is 6.42 Å². The van der Waals surface area contributed by atoms with Crippen molar-refractivity contribution in [2.45, 2.75) is 6.42 Å². The highest BCUT2D eigenvalue weighted by Crippen LogP contribution is 2.14. The van der Waals surface area contributed by atoms with Crippen molar-refractivity contribution in [2.75, 3.05) is 17.2 Å². The number of benzene rings is 2. The predicted octanol–water partition coefficient (Wildman–Crippen LogP) is 3.64. The number of hydrogen-bond donors (Lipinski definition) is 2. The molecule has 2 heterocycles. The molecule has 6 heteroatoms. The molecule has 0 saturated carbocycles. The third-order valence-electron chi connectivity index (χ3n) is 4.21. The third kappa shape index (κ3) is 3.95. The standard InChI is InChI=1S/C21H19N5O/c27-21(24-17-9-5-2-6-10-17)18-15-23-26-14-12-19(25-20(18)26)22-13-11-16-7-3-1-4-8-16/h1-10,12,14-15H,11,13H2,(H,22,25)(H,24,27). The SMILES string of the molecule is O=C(Nc1ccccc1)c1cnn2ccc(NCCc3ccccc3)nc12. The molecule has 0 unspecified atom stereocenters. The second-order valence-electron chi connectivity index (χ2n) is 6.12. The molecule has 0 aliphatic rings. The van der Waals surface area contributed by atoms with Crippen LogP contribution >= 0.6 is 0 Å². The second kappa shape index (κ2) is 7.70. The van der Waals surface area contributed by atoms with Crippen LogP contribution in [0, 0.1) is 0 Å². The number of nitrogens with one attached hydrogen (secondary N) is 2. The molecule has 4 rings (SSSR count). The molecule has 2 aromatic heterocycles. The first kappa shape index (κ1) is 16.8. The lowest BCUT2D eigenvalue weighted by atomic mass is 10.1. The first-order valence-electron chi connectivity index (χ1n) is 8.78. The summed E-state index contributed by atoms with van der Waals surface area (Å²) in [6.07, 6.45) is 4.23. The van der Waals surface area contributed by atoms with Gasteiger partial charge in [-0.25, -0.2) is 9.50 Å². The first-order chi connectivity index (χ1) is 13.3. The summed E-state index contributed by atoms with van der Waals surface area (Å²) in [5, 5.41) is 10.4. The Morgan fingerprint density at radius 1 is 0.963 bits per heavy atom. The van der Waals surface area contributed by atoms with Crippen LogP contribution in [0.1, 0.15) is 15.9 Å². The molecule has 0 bridgehead atoms. The largest absolute Gasteiger partial charge is 0.370 e. The lowest BCUT2D eigenvalue weighted by molar-refractivity contribution is 0.102. The van der Waals surface area contributed by atoms with Gasteiger partial charge in [-0.15, -0.1) is 0 Å². The molecule has 4 aromatic rings. The Morgan fingerprint density at radius 3 is 2.48 bits per heavy atom. The normalized spacial score (nSPS) is 10.7. The average Bonchev–Trinajstić information content (AvgIpc) is 3.13. The number of carbonyl (C=O) groups is 1. The molecular formula is C21H19N5O. The van der Waals surface area contributed by atoms with Crippen molar-refractivity contribution in [3.8, 4) is 0 Å². The van der Waals surface area contributed by atoms with Gasteiger partial charge in [0.05, 0.1) is 6.20 Å². The number of rotatable bonds is 6. The van der Waals surface area contributed by atoms with Crippen molar-refractivity contribution in [3.63, 3.8) is 0 Å². The molecule has 6 nitrogen and oxygen atoms in total. The van der Waals surface area contributed by atoms with Crippen molar-refractivity contribution in [1.29, 1.82) is 0 Å². The Balaban J connectivity index is 1.48. The quantitative estimate of drug-likeness (QED) is 0.553. The van der Waals surface area contributed by atoms with Gasteiger partial charge in [-0.1, -0.05) is 48.5 Å². The van der Waals surface area contributed by atoms with E-state index in [1.54, 1.807) is 10.7 Å². The van der Waals surface area contributed by atoms with Gasteiger partial charge >= 0.3 is 0 Å². The van der Waals surface area contributed by atoms with Gasteiger partial charge in [-0.2, -0.15) is 5.10 Å². The third-order valence-corrected chi connectivity index (χ3v) is 4.21. The van der Waals surface area contributed by atoms with Crippen LogP contribution in [0.25, 0.3) is 5.65 Å². The number of para-hydroxylation sites is 1. The van der Waals surface area contributed by atoms with E-state index >= 15 is 0 Å². The minimum atomic E-state index is -0.231. The summed E-state index contributed by atoms with van der Waals surface area (Å²) in [4.78, 5) is 17.1. The number of hydrogen-bond acceptors (Lipinski definition) is 4. The highest BCUT2D eigenvalue weighted by Gasteiger charge is 2.14. The van der Waals surface area contributed by atoms with E-state index in [2.05, 4.69) is 32.8 Å². The zero-order chi connectivity index (χ0) is 18.5. The van der Waals surface area contributed by atoms with Crippen molar-refractivity contribution in [2.24, 2.45) is 0 Å². The Labute approximate surface area is 156 Å². The number of fused-ring (bicyclic) bond motifs is 1. The van der Waals surface area contributed by atoms with Crippen LogP contribution in [0.4, 0.5) is 11.5 Å². The summed E-state index contributed by atoms with van der Waals surface area (Å²) in [6, 6.07) is 21.5. The number of anilines is 2. The molecule has 0 atom stereocenters. The minimum absolute atomic E-state index is 0.231. The molecule has 0 aliphatic heterocycles. The van der Waals surface area contributed by atoms with Gasteiger partial charge < -0.3 is 10.6 Å². The summed E-state index contributed by atoms with van der Waals surface area (Å²) in [6.45, 7) is 0.757. The van der Waals surface area contributed by atoms with Gasteiger partial charge in [0.1, 0.15) is 11.4 Å². The van der Waals surface area contributed by atoms with Crippen molar-refractivity contribution in [3.05, 3.63) is 90.3 Å². The molecule has 134 valence electrons. The van der Waals surface area contributed by atoms with Crippen molar-refractivity contribution < 1.29 is 4.79 Å². The molecular weight excluding hydrogens is 338 g/mol. The van der Waals surface area contributed by atoms with E-state index in [0.717, 1.165) is 18.7 Å². The summed E-state index contributed by atoms with van der Waals surface area (Å²) in [5.41, 5.74) is 2.95. The van der Waals surface area contributed by atoms with Crippen LogP contribution in [-0.4, -0.2) is 27.0 Å². The number of carbonyl (C=O) groups excluding carboxylic acids is 1. The van der Waals surface area contributed by atoms with Crippen molar-refractivity contribution >= 4 is 23.1 Å². The first-order valence-corrected chi connectivity index (χ1v) is 8.78. The van der Waals surface area contributed by atoms with E-state index in [-0.39, 0.29) is 5.91 Å². The minimum Gasteiger partial charge on any atom is -0.370 e. The molecule has 0 aliphatic carbocycles. The molecule has 0 spiro atoms. The highest BCUT2D eigenvalue weighted by atomic mass is 16.1. The maximum atomic E-state index is 12.6. The Hall–Kier alpha value is -3.67. The van der Waals surface area contributed by atoms with E-state index in [1.807, 2.05) is 54.6 Å². The molecule has 2 N–H and O–H groups in total. The van der Waals surface area contributed by atoms with Crippen molar-refractivity contribution in [1.82, 2.24) is 14.6 Å². The molecule has 0 radical (unpaired) electrons. The lowest BCUT2D eigenvalue weighted by Gasteiger charge is -2.07. The summed E-state index contributed by atoms with van der Waals surface area (Å²) in [5.74, 6) is 0.484. The zero-order valence-corrected chi connectivity index (χ0v) is 14.7. The van der Waals surface area contributed by atoms with E-state index in [4.69, 9.17) is 0 Å². The van der Waals surface area contributed by atoms with E-state index in [0.29, 0.717) is 17.0 Å². The van der Waals surface area contributed by atoms with Gasteiger partial charge in [-0.3, -0.25) is 4.79 Å². The molecule has 0 fully saturated rings. The Bertz CT molecular complexity index is 1040. The number of aromatic nitrogens is 3. The van der Waals surface area contributed by atoms with E-state index in [1.165, 1.54) is 11.8 Å². The summed E-state index contributed by atoms with van der Waals surface area (Å²) < 4.78 is 1.60. The monoisotopic (exact) mass is 357 g/mol. The van der Waals surface area contributed by atoms with Gasteiger partial charge in [0, 0.05) is 18.4 Å². The van der Waals surface area contributed by atoms with Crippen LogP contribution in [0.5, 0.6) is 0 Å². The molecule has 1 amide bonds. The van der Waals surface area contributed by atoms with Crippen LogP contribution in [0.3, 0.4) is 0 Å². The summed E-state index contributed by atoms with van der Waals surface area (Å²) >= 11 is 0. The topological polar surface area (TPSA) is 71.3 Å². The van der Waals surface area contributed by atoms with E-state index < -0.39 is 0 Å². The van der Waals surface area contributed by atoms with Gasteiger partial charge in [-0.05, 0) is 30.2 Å². The lowest BCUT2D eigenvalue weighted by Crippen LogP contribution is -2.12. The van der Waals surface area contributed by atoms with Gasteiger partial charge in [0.2, 0.25) is 0 Å². The highest BCUT2D eigenvalue weighted by molar-refractivity contribution is 6.08. The fourth-order valence-electron chi connectivity index (χ4n) is 2.83. The maximum absolute atomic E-state index is 12.6. The maximum Gasteiger partial charge on any atom is 0.261 e. The van der Waals surface area contributed by atoms with Crippen LogP contribution < -0.4 is 10.6 Å². The number of amides is 1.